The molecule has 2 radical (unpaired) electrons. The van der Waals surface area contributed by atoms with Gasteiger partial charge in [-0.05, 0) is 0 Å². The Morgan fingerprint density at radius 2 is 0.440 bits per heavy atom. The molecule has 0 amide bonds. The van der Waals surface area contributed by atoms with Gasteiger partial charge in [-0.2, -0.15) is 0 Å². The van der Waals surface area contributed by atoms with E-state index < -0.39 is 0 Å². The molecule has 0 saturated heterocycles. The van der Waals surface area contributed by atoms with Crippen molar-refractivity contribution < 1.29 is 65.4 Å². The molecule has 0 aromatic carbocycles. The average molecular weight is 506 g/mol. The van der Waals surface area contributed by atoms with Crippen molar-refractivity contribution in [3.63, 3.8) is 0 Å². The fourth-order valence-corrected chi connectivity index (χ4v) is 0.410. The van der Waals surface area contributed by atoms with Crippen LogP contribution in [0, 0.1) is 14.9 Å². The van der Waals surface area contributed by atoms with Gasteiger partial charge in [-0.1, -0.05) is 62.8 Å². The molecule has 2 aromatic heterocycles. The van der Waals surface area contributed by atoms with E-state index in [-0.39, 0.29) is 87.7 Å². The minimum atomic E-state index is 0. The van der Waals surface area contributed by atoms with Crippen LogP contribution in [0.15, 0.2) is 38.0 Å². The summed E-state index contributed by atoms with van der Waals surface area (Å²) in [5.41, 5.74) is 0. The third-order valence-electron chi connectivity index (χ3n) is 0.800. The summed E-state index contributed by atoms with van der Waals surface area (Å²) in [6, 6.07) is 0. The molecule has 0 aliphatic rings. The van der Waals surface area contributed by atoms with E-state index in [0.717, 1.165) is 0 Å². The van der Waals surface area contributed by atoms with Crippen LogP contribution >= 0.6 is 0 Å². The molecule has 146 valence electrons. The summed E-state index contributed by atoms with van der Waals surface area (Å²) >= 11 is 0. The predicted molar refractivity (Wildman–Crippen MR) is 105 cm³/mol. The van der Waals surface area contributed by atoms with E-state index in [2.05, 4.69) is 29.9 Å². The van der Waals surface area contributed by atoms with Crippen LogP contribution in [0.1, 0.15) is 62.8 Å². The Hall–Kier alpha value is 0.228. The van der Waals surface area contributed by atoms with E-state index in [1.54, 1.807) is 0 Å². The normalized spacial score (nSPS) is 4.80. The van der Waals surface area contributed by atoms with Crippen LogP contribution in [0.3, 0.4) is 0 Å². The second kappa shape index (κ2) is 87.4. The zero-order valence-corrected chi connectivity index (χ0v) is 23.0. The van der Waals surface area contributed by atoms with Gasteiger partial charge in [0, 0.05) is 65.4 Å². The van der Waals surface area contributed by atoms with Gasteiger partial charge in [0.1, 0.15) is 38.0 Å². The van der Waals surface area contributed by atoms with E-state index in [4.69, 9.17) is 0 Å². The molecule has 2 rings (SSSR count). The minimum absolute atomic E-state index is 0. The molecule has 0 spiro atoms. The molecular weight excluding hydrogens is 466 g/mol. The summed E-state index contributed by atoms with van der Waals surface area (Å²) in [5, 5.41) is 0. The summed E-state index contributed by atoms with van der Waals surface area (Å²) < 4.78 is 0. The van der Waals surface area contributed by atoms with Gasteiger partial charge in [0.05, 0.1) is 0 Å². The topological polar surface area (TPSA) is 77.3 Å². The van der Waals surface area contributed by atoms with Gasteiger partial charge in [0.25, 0.3) is 0 Å². The van der Waals surface area contributed by atoms with Crippen molar-refractivity contribution in [2.45, 2.75) is 62.8 Å². The smallest absolute Gasteiger partial charge is 0.119 e. The Balaban J connectivity index is -0.0000000184. The maximum absolute atomic E-state index is 3.56. The fraction of sp³-hybridized carbons (Fsp3) is 0.529. The molecule has 0 aliphatic heterocycles. The first-order valence-corrected chi connectivity index (χ1v) is 7.10. The number of nitrogens with zero attached hydrogens (tertiary/aromatic N) is 6. The second-order valence-corrected chi connectivity index (χ2v) is 1.59. The maximum Gasteiger partial charge on any atom is 0.119 e. The predicted octanol–water partition coefficient (Wildman–Crippen LogP) is 5.38. The summed E-state index contributed by atoms with van der Waals surface area (Å²) in [4.78, 5) is 21.4. The molecule has 6 nitrogen and oxygen atoms in total. The quantitative estimate of drug-likeness (QED) is 0.447. The number of hydrogen-bond acceptors (Lipinski definition) is 6. The molecule has 0 fully saturated rings. The van der Waals surface area contributed by atoms with Gasteiger partial charge in [-0.3, -0.25) is 0 Å². The van der Waals surface area contributed by atoms with E-state index in [9.17, 15) is 0 Å². The third kappa shape index (κ3) is 80.1. The maximum atomic E-state index is 3.56. The Morgan fingerprint density at radius 1 is 0.360 bits per heavy atom. The Morgan fingerprint density at radius 3 is 0.480 bits per heavy atom. The Labute approximate surface area is 209 Å². The average Bonchev–Trinajstić information content (AvgIpc) is 2.65. The van der Waals surface area contributed by atoms with Crippen LogP contribution in [0.5, 0.6) is 0 Å². The second-order valence-electron chi connectivity index (χ2n) is 1.59. The molecule has 0 N–H and O–H groups in total. The van der Waals surface area contributed by atoms with E-state index in [1.165, 1.54) is 38.0 Å². The standard InChI is InChI=1S/2C3H3N3.4C2H6.CH4.2CH3.2Y/c2*1-4-2-6-3-5-1;4*1-2;;;;;/h2*1-3H;4*1-2H3;1H4;2*1H3;;/q;;;;;;;2*-1;;. The molecular formula is C17H40N6Y2-2. The van der Waals surface area contributed by atoms with Gasteiger partial charge in [-0.15, -0.1) is 0 Å². The summed E-state index contributed by atoms with van der Waals surface area (Å²) in [7, 11) is 0. The van der Waals surface area contributed by atoms with Crippen molar-refractivity contribution in [3.05, 3.63) is 52.8 Å². The number of rotatable bonds is 0. The number of hydrogen-bond donors (Lipinski definition) is 0. The van der Waals surface area contributed by atoms with Crippen LogP contribution in [0.25, 0.3) is 0 Å². The molecule has 25 heavy (non-hydrogen) atoms. The molecule has 2 aromatic rings. The first-order valence-electron chi connectivity index (χ1n) is 7.10. The fourth-order valence-electron chi connectivity index (χ4n) is 0.410. The van der Waals surface area contributed by atoms with Gasteiger partial charge in [0.15, 0.2) is 0 Å². The molecule has 0 unspecified atom stereocenters. The van der Waals surface area contributed by atoms with Crippen LogP contribution in [0.4, 0.5) is 0 Å². The summed E-state index contributed by atoms with van der Waals surface area (Å²) in [6.45, 7) is 16.0. The van der Waals surface area contributed by atoms with Crippen LogP contribution < -0.4 is 0 Å². The van der Waals surface area contributed by atoms with Gasteiger partial charge in [0.2, 0.25) is 0 Å². The van der Waals surface area contributed by atoms with E-state index in [1.807, 2.05) is 55.4 Å². The van der Waals surface area contributed by atoms with Crippen molar-refractivity contribution in [2.75, 3.05) is 0 Å². The minimum Gasteiger partial charge on any atom is -0.358 e. The van der Waals surface area contributed by atoms with E-state index >= 15 is 0 Å². The first-order chi connectivity index (χ1) is 10.0. The molecule has 0 bridgehead atoms. The molecule has 0 saturated carbocycles. The third-order valence-corrected chi connectivity index (χ3v) is 0.800. The summed E-state index contributed by atoms with van der Waals surface area (Å²) in [5.74, 6) is 0. The largest absolute Gasteiger partial charge is 0.358 e. The van der Waals surface area contributed by atoms with Crippen LogP contribution in [0.2, 0.25) is 0 Å². The zero-order valence-electron chi connectivity index (χ0n) is 17.3. The molecule has 0 aliphatic carbocycles. The van der Waals surface area contributed by atoms with Crippen molar-refractivity contribution in [3.8, 4) is 0 Å². The monoisotopic (exact) mass is 506 g/mol. The Kier molecular flexibility index (Phi) is 197. The van der Waals surface area contributed by atoms with Gasteiger partial charge < -0.3 is 14.9 Å². The van der Waals surface area contributed by atoms with Crippen molar-refractivity contribution in [1.29, 1.82) is 0 Å². The first kappa shape index (κ1) is 56.2. The molecule has 0 atom stereocenters. The SMILES string of the molecule is C.CC.CC.CC.CC.[CH3-].[CH3-].[Y].[Y].c1ncncn1.c1ncncn1. The molecule has 2 heterocycles. The Bertz CT molecular complexity index is 205. The van der Waals surface area contributed by atoms with Crippen LogP contribution in [-0.2, 0) is 65.4 Å². The van der Waals surface area contributed by atoms with Crippen LogP contribution in [-0.4, -0.2) is 29.9 Å². The zero-order chi connectivity index (χ0) is 16.5. The molecule has 8 heteroatoms. The van der Waals surface area contributed by atoms with E-state index in [0.29, 0.717) is 0 Å². The number of aromatic nitrogens is 6. The van der Waals surface area contributed by atoms with Gasteiger partial charge >= 0.3 is 0 Å². The van der Waals surface area contributed by atoms with Crippen molar-refractivity contribution in [1.82, 2.24) is 29.9 Å². The summed E-state index contributed by atoms with van der Waals surface area (Å²) in [6.07, 6.45) is 8.62. The van der Waals surface area contributed by atoms with Crippen molar-refractivity contribution in [2.24, 2.45) is 0 Å². The van der Waals surface area contributed by atoms with Gasteiger partial charge in [-0.25, -0.2) is 29.9 Å². The van der Waals surface area contributed by atoms with Crippen molar-refractivity contribution >= 4 is 0 Å².